The number of nitrogens with zero attached hydrogens (tertiary/aromatic N) is 5. The van der Waals surface area contributed by atoms with Gasteiger partial charge in [-0.15, -0.1) is 0 Å². The summed E-state index contributed by atoms with van der Waals surface area (Å²) in [5.41, 5.74) is 4.40. The molecule has 0 saturated carbocycles. The van der Waals surface area contributed by atoms with Crippen LogP contribution < -0.4 is 5.32 Å². The van der Waals surface area contributed by atoms with E-state index in [2.05, 4.69) is 26.6 Å². The molecule has 0 atom stereocenters. The van der Waals surface area contributed by atoms with Crippen molar-refractivity contribution in [3.8, 4) is 0 Å². The molecule has 26 heavy (non-hydrogen) atoms. The van der Waals surface area contributed by atoms with Crippen LogP contribution in [0.4, 0.5) is 5.13 Å². The number of benzene rings is 1. The van der Waals surface area contributed by atoms with E-state index in [4.69, 9.17) is 0 Å². The normalized spacial score (nSPS) is 11.2. The number of carbonyl (C=O) groups excluding carboxylic acids is 1. The third-order valence-electron chi connectivity index (χ3n) is 4.02. The zero-order valence-electron chi connectivity index (χ0n) is 14.7. The number of rotatable bonds is 4. The van der Waals surface area contributed by atoms with Gasteiger partial charge in [-0.1, -0.05) is 17.4 Å². The number of anilines is 1. The lowest BCUT2D eigenvalue weighted by Gasteiger charge is -2.04. The van der Waals surface area contributed by atoms with Gasteiger partial charge in [-0.3, -0.25) is 14.8 Å². The maximum atomic E-state index is 12.5. The summed E-state index contributed by atoms with van der Waals surface area (Å²) in [6.45, 7) is 6.44. The monoisotopic (exact) mass is 366 g/mol. The molecular weight excluding hydrogens is 348 g/mol. The molecule has 4 aromatic rings. The Kier molecular flexibility index (Phi) is 4.04. The van der Waals surface area contributed by atoms with Gasteiger partial charge >= 0.3 is 0 Å². The van der Waals surface area contributed by atoms with Gasteiger partial charge in [0.15, 0.2) is 10.8 Å². The maximum Gasteiger partial charge on any atom is 0.277 e. The van der Waals surface area contributed by atoms with Crippen molar-refractivity contribution in [2.75, 3.05) is 5.32 Å². The summed E-state index contributed by atoms with van der Waals surface area (Å²) >= 11 is 1.46. The Balaban J connectivity index is 1.49. The summed E-state index contributed by atoms with van der Waals surface area (Å²) in [4.78, 5) is 16.9. The quantitative estimate of drug-likeness (QED) is 0.601. The second kappa shape index (κ2) is 6.38. The summed E-state index contributed by atoms with van der Waals surface area (Å²) in [5.74, 6) is -0.270. The van der Waals surface area contributed by atoms with E-state index in [1.165, 1.54) is 16.9 Å². The summed E-state index contributed by atoms with van der Waals surface area (Å²) in [5, 5.41) is 12.1. The first kappa shape index (κ1) is 16.5. The third-order valence-corrected chi connectivity index (χ3v) is 4.95. The van der Waals surface area contributed by atoms with Crippen molar-refractivity contribution in [2.24, 2.45) is 0 Å². The van der Waals surface area contributed by atoms with Gasteiger partial charge < -0.3 is 0 Å². The maximum absolute atomic E-state index is 12.5. The number of hydrogen-bond acceptors (Lipinski definition) is 5. The fraction of sp³-hybridized carbons (Fsp3) is 0.222. The van der Waals surface area contributed by atoms with Crippen LogP contribution in [-0.4, -0.2) is 30.5 Å². The second-order valence-electron chi connectivity index (χ2n) is 6.25. The molecule has 1 aromatic carbocycles. The van der Waals surface area contributed by atoms with E-state index in [0.29, 0.717) is 17.5 Å². The molecule has 0 aliphatic heterocycles. The van der Waals surface area contributed by atoms with E-state index in [9.17, 15) is 4.79 Å². The van der Waals surface area contributed by atoms with Crippen LogP contribution in [-0.2, 0) is 6.67 Å². The van der Waals surface area contributed by atoms with Crippen molar-refractivity contribution in [3.05, 3.63) is 59.2 Å². The first-order chi connectivity index (χ1) is 12.5. The van der Waals surface area contributed by atoms with Crippen molar-refractivity contribution in [1.29, 1.82) is 0 Å². The molecule has 132 valence electrons. The average molecular weight is 366 g/mol. The fourth-order valence-corrected chi connectivity index (χ4v) is 3.72. The van der Waals surface area contributed by atoms with Gasteiger partial charge in [0, 0.05) is 11.9 Å². The van der Waals surface area contributed by atoms with Crippen LogP contribution >= 0.6 is 11.3 Å². The largest absolute Gasteiger partial charge is 0.296 e. The molecule has 0 fully saturated rings. The number of thiazole rings is 1. The van der Waals surface area contributed by atoms with Crippen molar-refractivity contribution in [2.45, 2.75) is 27.4 Å². The standard InChI is InChI=1S/C18H18N6OS/c1-11-4-5-14-16(8-11)26-18(19-14)20-17(25)15-6-7-23(22-15)10-24-13(3)9-12(2)21-24/h4-9H,10H2,1-3H3,(H,19,20,25). The van der Waals surface area contributed by atoms with Crippen LogP contribution in [0, 0.1) is 20.8 Å². The van der Waals surface area contributed by atoms with E-state index >= 15 is 0 Å². The third kappa shape index (κ3) is 3.23. The number of carbonyl (C=O) groups is 1. The number of aromatic nitrogens is 5. The summed E-state index contributed by atoms with van der Waals surface area (Å²) in [7, 11) is 0. The van der Waals surface area contributed by atoms with Crippen LogP contribution in [0.2, 0.25) is 0 Å². The average Bonchev–Trinajstić information content (AvgIpc) is 3.27. The number of amides is 1. The number of aryl methyl sites for hydroxylation is 3. The van der Waals surface area contributed by atoms with Crippen molar-refractivity contribution in [3.63, 3.8) is 0 Å². The van der Waals surface area contributed by atoms with Crippen LogP contribution in [0.5, 0.6) is 0 Å². The van der Waals surface area contributed by atoms with Crippen molar-refractivity contribution < 1.29 is 4.79 Å². The molecule has 1 amide bonds. The highest BCUT2D eigenvalue weighted by molar-refractivity contribution is 7.22. The highest BCUT2D eigenvalue weighted by Gasteiger charge is 2.13. The SMILES string of the molecule is Cc1ccc2nc(NC(=O)c3ccn(Cn4nc(C)cc4C)n3)sc2c1. The highest BCUT2D eigenvalue weighted by atomic mass is 32.1. The van der Waals surface area contributed by atoms with E-state index in [1.54, 1.807) is 16.9 Å². The van der Waals surface area contributed by atoms with Gasteiger partial charge in [-0.05, 0) is 50.6 Å². The molecule has 3 aromatic heterocycles. The topological polar surface area (TPSA) is 77.6 Å². The highest BCUT2D eigenvalue weighted by Crippen LogP contribution is 2.26. The van der Waals surface area contributed by atoms with Crippen LogP contribution in [0.15, 0.2) is 36.5 Å². The van der Waals surface area contributed by atoms with Crippen molar-refractivity contribution in [1.82, 2.24) is 24.5 Å². The molecule has 0 aliphatic carbocycles. The Bertz CT molecular complexity index is 1110. The van der Waals surface area contributed by atoms with Gasteiger partial charge in [-0.2, -0.15) is 10.2 Å². The molecule has 0 spiro atoms. The molecule has 3 heterocycles. The molecule has 7 nitrogen and oxygen atoms in total. The minimum absolute atomic E-state index is 0.270. The molecule has 8 heteroatoms. The molecule has 4 rings (SSSR count). The molecule has 0 saturated heterocycles. The summed E-state index contributed by atoms with van der Waals surface area (Å²) in [6.07, 6.45) is 1.77. The van der Waals surface area contributed by atoms with Crippen LogP contribution in [0.3, 0.4) is 0 Å². The number of nitrogens with one attached hydrogen (secondary N) is 1. The fourth-order valence-electron chi connectivity index (χ4n) is 2.76. The lowest BCUT2D eigenvalue weighted by atomic mass is 10.2. The molecule has 0 bridgehead atoms. The van der Waals surface area contributed by atoms with E-state index in [1.807, 2.05) is 43.7 Å². The predicted octanol–water partition coefficient (Wildman–Crippen LogP) is 3.37. The predicted molar refractivity (Wildman–Crippen MR) is 102 cm³/mol. The molecule has 0 radical (unpaired) electrons. The van der Waals surface area contributed by atoms with E-state index in [0.717, 1.165) is 21.6 Å². The molecule has 0 unspecified atom stereocenters. The Morgan fingerprint density at radius 2 is 2.00 bits per heavy atom. The lowest BCUT2D eigenvalue weighted by Crippen LogP contribution is -2.15. The van der Waals surface area contributed by atoms with E-state index < -0.39 is 0 Å². The number of fused-ring (bicyclic) bond motifs is 1. The summed E-state index contributed by atoms with van der Waals surface area (Å²) < 4.78 is 4.59. The van der Waals surface area contributed by atoms with Gasteiger partial charge in [0.25, 0.3) is 5.91 Å². The smallest absolute Gasteiger partial charge is 0.277 e. The molecular formula is C18H18N6OS. The molecule has 1 N–H and O–H groups in total. The second-order valence-corrected chi connectivity index (χ2v) is 7.28. The zero-order valence-corrected chi connectivity index (χ0v) is 15.5. The van der Waals surface area contributed by atoms with Crippen LogP contribution in [0.1, 0.15) is 27.4 Å². The van der Waals surface area contributed by atoms with Crippen LogP contribution in [0.25, 0.3) is 10.2 Å². The van der Waals surface area contributed by atoms with Gasteiger partial charge in [0.1, 0.15) is 6.67 Å². The first-order valence-electron chi connectivity index (χ1n) is 8.21. The number of hydrogen-bond donors (Lipinski definition) is 1. The van der Waals surface area contributed by atoms with Crippen molar-refractivity contribution >= 4 is 32.6 Å². The Morgan fingerprint density at radius 1 is 1.15 bits per heavy atom. The van der Waals surface area contributed by atoms with Gasteiger partial charge in [0.2, 0.25) is 0 Å². The van der Waals surface area contributed by atoms with E-state index in [-0.39, 0.29) is 5.91 Å². The lowest BCUT2D eigenvalue weighted by molar-refractivity contribution is 0.102. The minimum atomic E-state index is -0.270. The Hall–Kier alpha value is -3.00. The first-order valence-corrected chi connectivity index (χ1v) is 9.02. The summed E-state index contributed by atoms with van der Waals surface area (Å²) in [6, 6.07) is 9.73. The van der Waals surface area contributed by atoms with Gasteiger partial charge in [-0.25, -0.2) is 9.67 Å². The molecule has 0 aliphatic rings. The Labute approximate surface area is 154 Å². The minimum Gasteiger partial charge on any atom is -0.296 e. The van der Waals surface area contributed by atoms with Gasteiger partial charge in [0.05, 0.1) is 15.9 Å². The zero-order chi connectivity index (χ0) is 18.3. The Morgan fingerprint density at radius 3 is 2.77 bits per heavy atom.